The minimum atomic E-state index is -0.872. The monoisotopic (exact) mass is 192 g/mol. The highest BCUT2D eigenvalue weighted by atomic mass is 16.3. The number of hydrogen-bond acceptors (Lipinski definition) is 4. The lowest BCUT2D eigenvalue weighted by atomic mass is 9.97. The van der Waals surface area contributed by atoms with Crippen LogP contribution in [0.4, 0.5) is 0 Å². The number of aliphatic hydroxyl groups is 4. The summed E-state index contributed by atoms with van der Waals surface area (Å²) in [7, 11) is 0. The van der Waals surface area contributed by atoms with Gasteiger partial charge in [-0.05, 0) is 19.3 Å². The largest absolute Gasteiger partial charge is 0.396 e. The lowest BCUT2D eigenvalue weighted by Crippen LogP contribution is -2.33. The summed E-state index contributed by atoms with van der Waals surface area (Å²) >= 11 is 0. The zero-order chi connectivity index (χ0) is 10.3. The number of aliphatic hydroxyl groups excluding tert-OH is 4. The maximum Gasteiger partial charge on any atom is 0.0846 e. The first-order valence-electron chi connectivity index (χ1n) is 4.71. The van der Waals surface area contributed by atoms with Crippen molar-refractivity contribution >= 4 is 0 Å². The normalized spacial score (nSPS) is 18.2. The van der Waals surface area contributed by atoms with Crippen molar-refractivity contribution in [2.75, 3.05) is 13.2 Å². The number of rotatable bonds is 7. The molecule has 0 fully saturated rings. The smallest absolute Gasteiger partial charge is 0.0846 e. The van der Waals surface area contributed by atoms with Crippen LogP contribution in [-0.2, 0) is 0 Å². The van der Waals surface area contributed by atoms with E-state index in [-0.39, 0.29) is 19.1 Å². The van der Waals surface area contributed by atoms with Crippen molar-refractivity contribution in [1.29, 1.82) is 0 Å². The Morgan fingerprint density at radius 2 is 1.69 bits per heavy atom. The van der Waals surface area contributed by atoms with Gasteiger partial charge in [0, 0.05) is 19.1 Å². The summed E-state index contributed by atoms with van der Waals surface area (Å²) in [6, 6.07) is 0. The van der Waals surface area contributed by atoms with Gasteiger partial charge in [0.15, 0.2) is 0 Å². The topological polar surface area (TPSA) is 80.9 Å². The van der Waals surface area contributed by atoms with E-state index < -0.39 is 12.2 Å². The predicted octanol–water partition coefficient (Wildman–Crippen LogP) is -0.501. The quantitative estimate of drug-likeness (QED) is 0.410. The molecule has 0 aromatic carbocycles. The average molecular weight is 192 g/mol. The molecule has 80 valence electrons. The van der Waals surface area contributed by atoms with Gasteiger partial charge >= 0.3 is 0 Å². The van der Waals surface area contributed by atoms with Gasteiger partial charge in [0.2, 0.25) is 0 Å². The van der Waals surface area contributed by atoms with Crippen molar-refractivity contribution in [3.63, 3.8) is 0 Å². The second-order valence-corrected chi connectivity index (χ2v) is 3.44. The molecule has 0 saturated carbocycles. The first-order valence-corrected chi connectivity index (χ1v) is 4.71. The molecule has 13 heavy (non-hydrogen) atoms. The second-order valence-electron chi connectivity index (χ2n) is 3.44. The third-order valence-corrected chi connectivity index (χ3v) is 2.17. The molecular weight excluding hydrogens is 172 g/mol. The van der Waals surface area contributed by atoms with Crippen LogP contribution in [0.3, 0.4) is 0 Å². The minimum Gasteiger partial charge on any atom is -0.396 e. The molecule has 0 saturated heterocycles. The molecule has 0 heterocycles. The van der Waals surface area contributed by atoms with Crippen LogP contribution in [0.5, 0.6) is 0 Å². The van der Waals surface area contributed by atoms with Gasteiger partial charge in [-0.15, -0.1) is 0 Å². The molecule has 0 aliphatic rings. The Morgan fingerprint density at radius 3 is 2.15 bits per heavy atom. The van der Waals surface area contributed by atoms with E-state index in [1.165, 1.54) is 0 Å². The Kier molecular flexibility index (Phi) is 7.17. The van der Waals surface area contributed by atoms with E-state index >= 15 is 0 Å². The molecule has 0 radical (unpaired) electrons. The van der Waals surface area contributed by atoms with E-state index in [2.05, 4.69) is 0 Å². The van der Waals surface area contributed by atoms with Gasteiger partial charge in [0.1, 0.15) is 0 Å². The maximum atomic E-state index is 9.41. The molecule has 0 bridgehead atoms. The summed E-state index contributed by atoms with van der Waals surface area (Å²) in [5.41, 5.74) is 0. The van der Waals surface area contributed by atoms with Crippen molar-refractivity contribution in [2.24, 2.45) is 5.92 Å². The fraction of sp³-hybridized carbons (Fsp3) is 1.00. The summed E-state index contributed by atoms with van der Waals surface area (Å²) in [6.07, 6.45) is 0.119. The van der Waals surface area contributed by atoms with Gasteiger partial charge in [0.05, 0.1) is 12.2 Å². The number of hydrogen-bond donors (Lipinski definition) is 4. The standard InChI is InChI=1S/C9H20O4/c1-7(6-11)9(13)8(12)4-2-3-5-10/h7-13H,2-6H2,1H3. The van der Waals surface area contributed by atoms with E-state index in [0.717, 1.165) is 0 Å². The average Bonchev–Trinajstić information content (AvgIpc) is 2.15. The summed E-state index contributed by atoms with van der Waals surface area (Å²) < 4.78 is 0. The fourth-order valence-electron chi connectivity index (χ4n) is 1.12. The van der Waals surface area contributed by atoms with E-state index in [9.17, 15) is 10.2 Å². The molecule has 4 nitrogen and oxygen atoms in total. The zero-order valence-electron chi connectivity index (χ0n) is 8.06. The van der Waals surface area contributed by atoms with Gasteiger partial charge < -0.3 is 20.4 Å². The van der Waals surface area contributed by atoms with Crippen molar-refractivity contribution < 1.29 is 20.4 Å². The van der Waals surface area contributed by atoms with Gasteiger partial charge in [0.25, 0.3) is 0 Å². The molecule has 4 heteroatoms. The van der Waals surface area contributed by atoms with Gasteiger partial charge in [-0.25, -0.2) is 0 Å². The molecule has 0 aromatic rings. The van der Waals surface area contributed by atoms with E-state index in [0.29, 0.717) is 19.3 Å². The molecule has 0 aliphatic carbocycles. The lowest BCUT2D eigenvalue weighted by Gasteiger charge is -2.22. The van der Waals surface area contributed by atoms with Crippen LogP contribution in [-0.4, -0.2) is 45.8 Å². The molecule has 0 amide bonds. The van der Waals surface area contributed by atoms with E-state index in [1.54, 1.807) is 6.92 Å². The highest BCUT2D eigenvalue weighted by Crippen LogP contribution is 2.11. The highest BCUT2D eigenvalue weighted by molar-refractivity contribution is 4.72. The Morgan fingerprint density at radius 1 is 1.08 bits per heavy atom. The summed E-state index contributed by atoms with van der Waals surface area (Å²) in [5, 5.41) is 36.0. The SMILES string of the molecule is CC(CO)C(O)C(O)CCCCO. The molecular formula is C9H20O4. The van der Waals surface area contributed by atoms with E-state index in [4.69, 9.17) is 10.2 Å². The Labute approximate surface area is 78.8 Å². The fourth-order valence-corrected chi connectivity index (χ4v) is 1.12. The third-order valence-electron chi connectivity index (χ3n) is 2.17. The molecule has 3 unspecified atom stereocenters. The van der Waals surface area contributed by atoms with Gasteiger partial charge in [-0.3, -0.25) is 0 Å². The summed E-state index contributed by atoms with van der Waals surface area (Å²) in [6.45, 7) is 1.66. The van der Waals surface area contributed by atoms with Gasteiger partial charge in [-0.2, -0.15) is 0 Å². The minimum absolute atomic E-state index is 0.109. The predicted molar refractivity (Wildman–Crippen MR) is 49.2 cm³/mol. The Bertz CT molecular complexity index is 118. The van der Waals surface area contributed by atoms with E-state index in [1.807, 2.05) is 0 Å². The molecule has 0 rings (SSSR count). The first kappa shape index (κ1) is 12.8. The van der Waals surface area contributed by atoms with Crippen LogP contribution in [0.2, 0.25) is 0 Å². The van der Waals surface area contributed by atoms with Crippen LogP contribution in [0.15, 0.2) is 0 Å². The molecule has 0 aromatic heterocycles. The Balaban J connectivity index is 3.62. The second kappa shape index (κ2) is 7.26. The van der Waals surface area contributed by atoms with Gasteiger partial charge in [-0.1, -0.05) is 6.92 Å². The lowest BCUT2D eigenvalue weighted by molar-refractivity contribution is -0.0312. The van der Waals surface area contributed by atoms with Crippen LogP contribution in [0.1, 0.15) is 26.2 Å². The highest BCUT2D eigenvalue weighted by Gasteiger charge is 2.21. The summed E-state index contributed by atoms with van der Waals surface area (Å²) in [4.78, 5) is 0. The maximum absolute atomic E-state index is 9.41. The van der Waals surface area contributed by atoms with Crippen LogP contribution in [0.25, 0.3) is 0 Å². The van der Waals surface area contributed by atoms with Crippen molar-refractivity contribution in [3.8, 4) is 0 Å². The van der Waals surface area contributed by atoms with Crippen LogP contribution >= 0.6 is 0 Å². The van der Waals surface area contributed by atoms with Crippen molar-refractivity contribution in [3.05, 3.63) is 0 Å². The summed E-state index contributed by atoms with van der Waals surface area (Å²) in [5.74, 6) is -0.302. The van der Waals surface area contributed by atoms with Crippen LogP contribution in [0, 0.1) is 5.92 Å². The van der Waals surface area contributed by atoms with Crippen LogP contribution < -0.4 is 0 Å². The molecule has 3 atom stereocenters. The Hall–Kier alpha value is -0.160. The molecule has 0 spiro atoms. The number of unbranched alkanes of at least 4 members (excludes halogenated alkanes) is 1. The van der Waals surface area contributed by atoms with Crippen molar-refractivity contribution in [1.82, 2.24) is 0 Å². The zero-order valence-corrected chi connectivity index (χ0v) is 8.06. The van der Waals surface area contributed by atoms with Crippen molar-refractivity contribution in [2.45, 2.75) is 38.4 Å². The molecule has 0 aliphatic heterocycles. The molecule has 4 N–H and O–H groups in total. The first-order chi connectivity index (χ1) is 6.13. The third kappa shape index (κ3) is 5.21.